The summed E-state index contributed by atoms with van der Waals surface area (Å²) in [5, 5.41) is 0. The number of benzene rings is 1. The normalized spacial score (nSPS) is 20.6. The summed E-state index contributed by atoms with van der Waals surface area (Å²) >= 11 is 0. The molecule has 20 heavy (non-hydrogen) atoms. The maximum absolute atomic E-state index is 11.1. The summed E-state index contributed by atoms with van der Waals surface area (Å²) in [7, 11) is 1.57. The highest BCUT2D eigenvalue weighted by molar-refractivity contribution is 5.64. The van der Waals surface area contributed by atoms with Crippen molar-refractivity contribution in [3.63, 3.8) is 0 Å². The van der Waals surface area contributed by atoms with E-state index in [2.05, 4.69) is 0 Å². The van der Waals surface area contributed by atoms with Crippen molar-refractivity contribution in [1.29, 1.82) is 0 Å². The Kier molecular flexibility index (Phi) is 5.15. The van der Waals surface area contributed by atoms with Crippen LogP contribution in [0.25, 0.3) is 0 Å². The molecule has 1 aromatic rings. The van der Waals surface area contributed by atoms with Gasteiger partial charge in [0, 0.05) is 13.5 Å². The van der Waals surface area contributed by atoms with Gasteiger partial charge < -0.3 is 19.9 Å². The van der Waals surface area contributed by atoms with Gasteiger partial charge in [0.25, 0.3) is 0 Å². The largest absolute Gasteiger partial charge is 0.443 e. The molecule has 0 radical (unpaired) electrons. The van der Waals surface area contributed by atoms with E-state index in [1.165, 1.54) is 0 Å². The molecule has 0 bridgehead atoms. The first-order valence-electron chi connectivity index (χ1n) is 6.52. The molecule has 0 aromatic heterocycles. The van der Waals surface area contributed by atoms with Gasteiger partial charge in [0.05, 0.1) is 6.61 Å². The number of rotatable bonds is 6. The lowest BCUT2D eigenvalue weighted by molar-refractivity contribution is -0.0801. The van der Waals surface area contributed by atoms with Crippen molar-refractivity contribution < 1.29 is 19.0 Å². The molecule has 1 heterocycles. The minimum atomic E-state index is -0.810. The third-order valence-corrected chi connectivity index (χ3v) is 3.22. The van der Waals surface area contributed by atoms with Gasteiger partial charge in [-0.05, 0) is 5.56 Å². The third kappa shape index (κ3) is 3.82. The summed E-state index contributed by atoms with van der Waals surface area (Å²) in [5.41, 5.74) is 6.21. The number of amides is 1. The van der Waals surface area contributed by atoms with Crippen LogP contribution in [0.3, 0.4) is 0 Å². The van der Waals surface area contributed by atoms with Crippen molar-refractivity contribution in [3.8, 4) is 0 Å². The fourth-order valence-electron chi connectivity index (χ4n) is 2.33. The quantitative estimate of drug-likeness (QED) is 0.803. The van der Waals surface area contributed by atoms with E-state index in [1.807, 2.05) is 42.5 Å². The Morgan fingerprint density at radius 1 is 1.45 bits per heavy atom. The molecular weight excluding hydrogens is 258 g/mol. The van der Waals surface area contributed by atoms with E-state index < -0.39 is 12.2 Å². The van der Waals surface area contributed by atoms with Gasteiger partial charge in [-0.3, -0.25) is 0 Å². The average molecular weight is 277 g/mol. The molecule has 108 valence electrons. The van der Waals surface area contributed by atoms with Crippen molar-refractivity contribution in [2.24, 2.45) is 5.73 Å². The predicted octanol–water partition coefficient (Wildman–Crippen LogP) is 1.66. The highest BCUT2D eigenvalue weighted by Crippen LogP contribution is 2.19. The first kappa shape index (κ1) is 14.6. The van der Waals surface area contributed by atoms with Gasteiger partial charge in [-0.15, -0.1) is 0 Å². The van der Waals surface area contributed by atoms with Gasteiger partial charge in [-0.2, -0.15) is 0 Å². The number of hydrogen-bond acceptors (Lipinski definition) is 4. The van der Waals surface area contributed by atoms with E-state index in [9.17, 15) is 4.79 Å². The van der Waals surface area contributed by atoms with Gasteiger partial charge in [-0.25, -0.2) is 4.79 Å². The van der Waals surface area contributed by atoms with Crippen molar-refractivity contribution >= 4 is 6.09 Å². The molecule has 3 atom stereocenters. The lowest BCUT2D eigenvalue weighted by Crippen LogP contribution is -2.43. The van der Waals surface area contributed by atoms with E-state index in [0.29, 0.717) is 13.0 Å². The Bertz CT molecular complexity index is 460. The van der Waals surface area contributed by atoms with Crippen LogP contribution in [0.4, 0.5) is 4.79 Å². The van der Waals surface area contributed by atoms with Crippen LogP contribution in [0.1, 0.15) is 5.56 Å². The summed E-state index contributed by atoms with van der Waals surface area (Å²) in [4.78, 5) is 11.1. The van der Waals surface area contributed by atoms with Gasteiger partial charge in [-0.1, -0.05) is 42.5 Å². The van der Waals surface area contributed by atoms with Crippen LogP contribution in [0, 0.1) is 0 Å². The molecule has 0 saturated heterocycles. The average Bonchev–Trinajstić information content (AvgIpc) is 2.94. The van der Waals surface area contributed by atoms with Gasteiger partial charge in [0.2, 0.25) is 0 Å². The minimum Gasteiger partial charge on any atom is -0.443 e. The van der Waals surface area contributed by atoms with E-state index >= 15 is 0 Å². The Labute approximate surface area is 118 Å². The number of carbonyl (C=O) groups is 1. The second kappa shape index (κ2) is 7.07. The molecular formula is C15H19NO4. The number of nitrogens with two attached hydrogens (primary N) is 1. The van der Waals surface area contributed by atoms with Crippen molar-refractivity contribution in [1.82, 2.24) is 0 Å². The van der Waals surface area contributed by atoms with Crippen molar-refractivity contribution in [2.75, 3.05) is 13.7 Å². The van der Waals surface area contributed by atoms with Crippen LogP contribution in [-0.2, 0) is 20.6 Å². The zero-order chi connectivity index (χ0) is 14.4. The molecule has 2 N–H and O–H groups in total. The third-order valence-electron chi connectivity index (χ3n) is 3.22. The minimum absolute atomic E-state index is 0.229. The molecule has 1 aliphatic rings. The maximum Gasteiger partial charge on any atom is 0.404 e. The Hall–Kier alpha value is -1.85. The van der Waals surface area contributed by atoms with Crippen LogP contribution >= 0.6 is 0 Å². The van der Waals surface area contributed by atoms with Crippen LogP contribution in [0.2, 0.25) is 0 Å². The molecule has 5 nitrogen and oxygen atoms in total. The fraction of sp³-hybridized carbons (Fsp3) is 0.400. The number of hydrogen-bond donors (Lipinski definition) is 1. The van der Waals surface area contributed by atoms with Crippen LogP contribution in [-0.4, -0.2) is 38.1 Å². The fourth-order valence-corrected chi connectivity index (χ4v) is 2.33. The molecule has 0 saturated carbocycles. The molecule has 0 fully saturated rings. The summed E-state index contributed by atoms with van der Waals surface area (Å²) in [6, 6.07) is 9.74. The Morgan fingerprint density at radius 2 is 2.20 bits per heavy atom. The molecule has 5 heteroatoms. The van der Waals surface area contributed by atoms with Crippen LogP contribution < -0.4 is 5.73 Å². The Balaban J connectivity index is 2.12. The lowest BCUT2D eigenvalue weighted by Gasteiger charge is -2.28. The van der Waals surface area contributed by atoms with Crippen molar-refractivity contribution in [2.45, 2.75) is 24.7 Å². The predicted molar refractivity (Wildman–Crippen MR) is 74.3 cm³/mol. The van der Waals surface area contributed by atoms with Gasteiger partial charge >= 0.3 is 6.09 Å². The first-order valence-corrected chi connectivity index (χ1v) is 6.52. The van der Waals surface area contributed by atoms with E-state index in [4.69, 9.17) is 19.9 Å². The lowest BCUT2D eigenvalue weighted by atomic mass is 10.00. The van der Waals surface area contributed by atoms with Gasteiger partial charge in [0.1, 0.15) is 18.3 Å². The highest BCUT2D eigenvalue weighted by atomic mass is 16.6. The van der Waals surface area contributed by atoms with E-state index in [1.54, 1.807) is 7.11 Å². The van der Waals surface area contributed by atoms with Crippen LogP contribution in [0.15, 0.2) is 42.5 Å². The Morgan fingerprint density at radius 3 is 2.75 bits per heavy atom. The summed E-state index contributed by atoms with van der Waals surface area (Å²) < 4.78 is 16.2. The summed E-state index contributed by atoms with van der Waals surface area (Å²) in [5.74, 6) is 0. The second-order valence-electron chi connectivity index (χ2n) is 4.59. The second-order valence-corrected chi connectivity index (χ2v) is 4.59. The maximum atomic E-state index is 11.1. The van der Waals surface area contributed by atoms with Gasteiger partial charge in [0.15, 0.2) is 0 Å². The molecule has 2 rings (SSSR count). The molecule has 1 amide bonds. The molecule has 1 aromatic carbocycles. The molecule has 0 spiro atoms. The SMILES string of the molecule is COC([C@@H]1C=CCO1)[C@H](Cc1ccccc1)OC(N)=O. The van der Waals surface area contributed by atoms with Crippen LogP contribution in [0.5, 0.6) is 0 Å². The number of methoxy groups -OCH3 is 1. The van der Waals surface area contributed by atoms with E-state index in [0.717, 1.165) is 5.56 Å². The number of primary amides is 1. The smallest absolute Gasteiger partial charge is 0.404 e. The first-order chi connectivity index (χ1) is 9.70. The number of carbonyl (C=O) groups excluding carboxylic acids is 1. The molecule has 1 unspecified atom stereocenters. The molecule has 1 aliphatic heterocycles. The highest BCUT2D eigenvalue weighted by Gasteiger charge is 2.33. The number of ether oxygens (including phenoxy) is 3. The topological polar surface area (TPSA) is 70.8 Å². The zero-order valence-corrected chi connectivity index (χ0v) is 11.4. The summed E-state index contributed by atoms with van der Waals surface area (Å²) in [6.07, 6.45) is 2.43. The molecule has 0 aliphatic carbocycles. The standard InChI is InChI=1S/C15H19NO4/c1-18-14(12-8-5-9-19-12)13(20-15(16)17)10-11-6-3-2-4-7-11/h2-8,12-14H,9-10H2,1H3,(H2,16,17)/t12-,13-,14?/m0/s1. The zero-order valence-electron chi connectivity index (χ0n) is 11.4. The van der Waals surface area contributed by atoms with E-state index in [-0.39, 0.29) is 12.2 Å². The monoisotopic (exact) mass is 277 g/mol. The summed E-state index contributed by atoms with van der Waals surface area (Å²) in [6.45, 7) is 0.541. The van der Waals surface area contributed by atoms with Crippen molar-refractivity contribution in [3.05, 3.63) is 48.0 Å².